The Labute approximate surface area is 110 Å². The molecule has 7 heteroatoms. The summed E-state index contributed by atoms with van der Waals surface area (Å²) in [4.78, 5) is -0.134. The minimum absolute atomic E-state index is 0.134. The van der Waals surface area contributed by atoms with Crippen molar-refractivity contribution in [2.45, 2.75) is 10.4 Å². The summed E-state index contributed by atoms with van der Waals surface area (Å²) in [5, 5.41) is 9.41. The van der Waals surface area contributed by atoms with E-state index in [-0.39, 0.29) is 22.4 Å². The van der Waals surface area contributed by atoms with Crippen LogP contribution < -0.4 is 0 Å². The lowest BCUT2D eigenvalue weighted by atomic mass is 10.3. The van der Waals surface area contributed by atoms with Crippen LogP contribution in [0.4, 0.5) is 13.2 Å². The first kappa shape index (κ1) is 12.7. The van der Waals surface area contributed by atoms with Gasteiger partial charge in [0.1, 0.15) is 5.75 Å². The van der Waals surface area contributed by atoms with Gasteiger partial charge in [0.05, 0.1) is 8.47 Å². The molecule has 1 aromatic carbocycles. The minimum Gasteiger partial charge on any atom is -0.506 e. The van der Waals surface area contributed by atoms with Gasteiger partial charge in [-0.1, -0.05) is 0 Å². The van der Waals surface area contributed by atoms with Crippen LogP contribution in [0, 0.1) is 7.14 Å². The molecule has 0 aliphatic heterocycles. The van der Waals surface area contributed by atoms with Gasteiger partial charge in [0.15, 0.2) is 0 Å². The van der Waals surface area contributed by atoms with E-state index in [1.807, 2.05) is 0 Å². The first-order valence-corrected chi connectivity index (χ1v) is 6.21. The molecule has 0 saturated heterocycles. The van der Waals surface area contributed by atoms with Gasteiger partial charge in [-0.05, 0) is 69.1 Å². The predicted octanol–water partition coefficient (Wildman–Crippen LogP) is 4.21. The molecule has 0 aliphatic rings. The first-order valence-electron chi connectivity index (χ1n) is 3.24. The van der Waals surface area contributed by atoms with E-state index in [2.05, 4.69) is 0 Å². The Morgan fingerprint density at radius 1 is 1.14 bits per heavy atom. The normalized spacial score (nSPS) is 11.8. The van der Waals surface area contributed by atoms with Crippen molar-refractivity contribution in [1.82, 2.24) is 0 Å². The zero-order valence-electron chi connectivity index (χ0n) is 6.40. The zero-order valence-corrected chi connectivity index (χ0v) is 11.5. The van der Waals surface area contributed by atoms with Gasteiger partial charge in [-0.15, -0.1) is 0 Å². The molecule has 0 atom stereocenters. The molecule has 0 radical (unpaired) electrons. The minimum atomic E-state index is -4.37. The zero-order chi connectivity index (χ0) is 10.9. The molecular formula is C7H3F3I2OS. The van der Waals surface area contributed by atoms with Crippen molar-refractivity contribution in [3.8, 4) is 5.75 Å². The summed E-state index contributed by atoms with van der Waals surface area (Å²) >= 11 is 3.25. The third kappa shape index (κ3) is 3.33. The fourth-order valence-corrected chi connectivity index (χ4v) is 2.74. The highest BCUT2D eigenvalue weighted by Crippen LogP contribution is 2.44. The Balaban J connectivity index is 3.13. The summed E-state index contributed by atoms with van der Waals surface area (Å²) in [5.41, 5.74) is -4.37. The third-order valence-corrected chi connectivity index (χ3v) is 4.24. The molecule has 0 amide bonds. The number of hydrogen-bond donors (Lipinski definition) is 1. The van der Waals surface area contributed by atoms with Gasteiger partial charge in [0.2, 0.25) is 0 Å². The molecule has 0 bridgehead atoms. The molecule has 0 aromatic heterocycles. The lowest BCUT2D eigenvalue weighted by Crippen LogP contribution is -2.00. The van der Waals surface area contributed by atoms with Crippen LogP contribution in [0.5, 0.6) is 5.75 Å². The average Bonchev–Trinajstić information content (AvgIpc) is 2.04. The summed E-state index contributed by atoms with van der Waals surface area (Å²) in [7, 11) is 0. The van der Waals surface area contributed by atoms with Gasteiger partial charge >= 0.3 is 5.51 Å². The van der Waals surface area contributed by atoms with Crippen molar-refractivity contribution in [1.29, 1.82) is 0 Å². The Hall–Kier alpha value is 0.620. The number of alkyl halides is 3. The van der Waals surface area contributed by atoms with E-state index in [1.165, 1.54) is 6.07 Å². The Morgan fingerprint density at radius 2 is 1.64 bits per heavy atom. The van der Waals surface area contributed by atoms with E-state index < -0.39 is 5.51 Å². The molecule has 78 valence electrons. The SMILES string of the molecule is Oc1c(I)ccc(I)c1SC(F)(F)F. The molecule has 0 saturated carbocycles. The number of thioether (sulfide) groups is 1. The van der Waals surface area contributed by atoms with Crippen molar-refractivity contribution < 1.29 is 18.3 Å². The van der Waals surface area contributed by atoms with E-state index in [0.29, 0.717) is 7.14 Å². The van der Waals surface area contributed by atoms with Gasteiger partial charge in [0, 0.05) is 3.57 Å². The Morgan fingerprint density at radius 3 is 2.14 bits per heavy atom. The van der Waals surface area contributed by atoms with E-state index in [9.17, 15) is 18.3 Å². The molecule has 0 heterocycles. The number of aromatic hydroxyl groups is 1. The second kappa shape index (κ2) is 4.64. The highest BCUT2D eigenvalue weighted by atomic mass is 127. The Kier molecular flexibility index (Phi) is 4.21. The van der Waals surface area contributed by atoms with Crippen LogP contribution in [0.3, 0.4) is 0 Å². The number of benzene rings is 1. The molecule has 14 heavy (non-hydrogen) atoms. The lowest BCUT2D eigenvalue weighted by molar-refractivity contribution is -0.0329. The Bertz CT molecular complexity index is 354. The maximum Gasteiger partial charge on any atom is 0.446 e. The summed E-state index contributed by atoms with van der Waals surface area (Å²) in [5.74, 6) is -0.306. The maximum absolute atomic E-state index is 12.1. The summed E-state index contributed by atoms with van der Waals surface area (Å²) < 4.78 is 37.0. The van der Waals surface area contributed by atoms with Crippen molar-refractivity contribution in [3.05, 3.63) is 19.3 Å². The molecule has 0 spiro atoms. The van der Waals surface area contributed by atoms with E-state index >= 15 is 0 Å². The fourth-order valence-electron chi connectivity index (χ4n) is 0.735. The summed E-state index contributed by atoms with van der Waals surface area (Å²) in [6.07, 6.45) is 0. The predicted molar refractivity (Wildman–Crippen MR) is 65.5 cm³/mol. The van der Waals surface area contributed by atoms with Gasteiger partial charge in [0.25, 0.3) is 0 Å². The molecular weight excluding hydrogens is 443 g/mol. The monoisotopic (exact) mass is 446 g/mol. The highest BCUT2D eigenvalue weighted by Gasteiger charge is 2.32. The number of rotatable bonds is 1. The molecule has 1 rings (SSSR count). The van der Waals surface area contributed by atoms with Crippen molar-refractivity contribution in [2.75, 3.05) is 0 Å². The molecule has 0 unspecified atom stereocenters. The number of hydrogen-bond acceptors (Lipinski definition) is 2. The number of halogens is 5. The van der Waals surface area contributed by atoms with E-state index in [4.69, 9.17) is 0 Å². The largest absolute Gasteiger partial charge is 0.506 e. The van der Waals surface area contributed by atoms with E-state index in [1.54, 1.807) is 51.2 Å². The van der Waals surface area contributed by atoms with E-state index in [0.717, 1.165) is 0 Å². The molecule has 1 N–H and O–H groups in total. The van der Waals surface area contributed by atoms with Gasteiger partial charge in [-0.3, -0.25) is 0 Å². The van der Waals surface area contributed by atoms with Crippen molar-refractivity contribution in [3.63, 3.8) is 0 Å². The third-order valence-electron chi connectivity index (χ3n) is 1.25. The quantitative estimate of drug-likeness (QED) is 0.516. The van der Waals surface area contributed by atoms with Gasteiger partial charge in [-0.25, -0.2) is 0 Å². The van der Waals surface area contributed by atoms with Crippen LogP contribution in [-0.2, 0) is 0 Å². The van der Waals surface area contributed by atoms with Crippen LogP contribution in [0.1, 0.15) is 0 Å². The fraction of sp³-hybridized carbons (Fsp3) is 0.143. The van der Waals surface area contributed by atoms with Crippen LogP contribution in [0.15, 0.2) is 17.0 Å². The summed E-state index contributed by atoms with van der Waals surface area (Å²) in [6.45, 7) is 0. The number of phenols is 1. The van der Waals surface area contributed by atoms with Crippen molar-refractivity contribution >= 4 is 56.9 Å². The maximum atomic E-state index is 12.1. The lowest BCUT2D eigenvalue weighted by Gasteiger charge is -2.10. The van der Waals surface area contributed by atoms with Crippen LogP contribution in [-0.4, -0.2) is 10.6 Å². The molecule has 0 fully saturated rings. The second-order valence-electron chi connectivity index (χ2n) is 2.25. The van der Waals surface area contributed by atoms with Crippen LogP contribution in [0.2, 0.25) is 0 Å². The molecule has 1 nitrogen and oxygen atoms in total. The highest BCUT2D eigenvalue weighted by molar-refractivity contribution is 14.1. The van der Waals surface area contributed by atoms with Gasteiger partial charge < -0.3 is 5.11 Å². The van der Waals surface area contributed by atoms with Crippen molar-refractivity contribution in [2.24, 2.45) is 0 Å². The number of phenolic OH excluding ortho intramolecular Hbond substituents is 1. The molecule has 0 aliphatic carbocycles. The smallest absolute Gasteiger partial charge is 0.446 e. The topological polar surface area (TPSA) is 20.2 Å². The second-order valence-corrected chi connectivity index (χ2v) is 5.65. The standard InChI is InChI=1S/C7H3F3I2OS/c8-7(9,10)14-6-4(12)2-1-3(11)5(6)13/h1-2,13H. The average molecular weight is 446 g/mol. The summed E-state index contributed by atoms with van der Waals surface area (Å²) in [6, 6.07) is 3.11. The van der Waals surface area contributed by atoms with Crippen LogP contribution in [0.25, 0.3) is 0 Å². The van der Waals surface area contributed by atoms with Crippen LogP contribution >= 0.6 is 56.9 Å². The molecule has 1 aromatic rings. The van der Waals surface area contributed by atoms with Gasteiger partial charge in [-0.2, -0.15) is 13.2 Å². The first-order chi connectivity index (χ1) is 6.31.